The minimum absolute atomic E-state index is 0.0228. The number of nitrogens with zero attached hydrogens (tertiary/aromatic N) is 1. The number of ether oxygens (including phenoxy) is 1. The molecule has 0 saturated carbocycles. The first-order chi connectivity index (χ1) is 9.02. The summed E-state index contributed by atoms with van der Waals surface area (Å²) < 4.78 is 32.7. The molecule has 1 aromatic rings. The molecule has 2 rings (SSSR count). The fourth-order valence-electron chi connectivity index (χ4n) is 1.98. The minimum atomic E-state index is -1.57. The lowest BCUT2D eigenvalue weighted by Gasteiger charge is -2.23. The molecule has 0 amide bonds. The molecule has 0 spiro atoms. The Morgan fingerprint density at radius 1 is 1.53 bits per heavy atom. The zero-order valence-corrected chi connectivity index (χ0v) is 12.6. The number of carbonyl (C=O) groups excluding carboxylic acids is 1. The van der Waals surface area contributed by atoms with Crippen LogP contribution in [0.15, 0.2) is 33.6 Å². The van der Waals surface area contributed by atoms with Gasteiger partial charge in [0, 0.05) is 10.9 Å². The summed E-state index contributed by atoms with van der Waals surface area (Å²) in [6, 6.07) is 6.08. The maximum atomic E-state index is 13.5. The average Bonchev–Trinajstić information content (AvgIpc) is 2.80. The van der Waals surface area contributed by atoms with Crippen molar-refractivity contribution in [1.82, 2.24) is 4.31 Å². The number of hydrogen-bond donors (Lipinski definition) is 0. The lowest BCUT2D eigenvalue weighted by atomic mass is 10.2. The van der Waals surface area contributed by atoms with Gasteiger partial charge in [-0.25, -0.2) is 4.39 Å². The van der Waals surface area contributed by atoms with Crippen molar-refractivity contribution in [2.24, 2.45) is 0 Å². The predicted octanol–water partition coefficient (Wildman–Crippen LogP) is 2.06. The van der Waals surface area contributed by atoms with Crippen molar-refractivity contribution in [2.75, 3.05) is 13.7 Å². The van der Waals surface area contributed by atoms with Crippen LogP contribution in [0.3, 0.4) is 0 Å². The second-order valence-corrected chi connectivity index (χ2v) is 6.53. The van der Waals surface area contributed by atoms with Crippen molar-refractivity contribution in [3.8, 4) is 0 Å². The lowest BCUT2D eigenvalue weighted by molar-refractivity contribution is -0.144. The summed E-state index contributed by atoms with van der Waals surface area (Å²) in [6.45, 7) is -0.0254. The van der Waals surface area contributed by atoms with E-state index in [9.17, 15) is 13.7 Å². The predicted molar refractivity (Wildman–Crippen MR) is 72.6 cm³/mol. The van der Waals surface area contributed by atoms with Crippen molar-refractivity contribution in [2.45, 2.75) is 23.5 Å². The molecule has 1 saturated heterocycles. The molecule has 0 bridgehead atoms. The van der Waals surface area contributed by atoms with E-state index in [0.717, 1.165) is 4.47 Å². The number of hydrogen-bond acceptors (Lipinski definition) is 4. The van der Waals surface area contributed by atoms with Crippen molar-refractivity contribution in [3.63, 3.8) is 0 Å². The highest BCUT2D eigenvalue weighted by molar-refractivity contribution is 9.10. The molecular formula is C12H13BrFNO3S. The summed E-state index contributed by atoms with van der Waals surface area (Å²) in [4.78, 5) is 12.1. The number of benzene rings is 1. The van der Waals surface area contributed by atoms with Gasteiger partial charge in [-0.1, -0.05) is 15.9 Å². The molecule has 104 valence electrons. The third kappa shape index (κ3) is 3.28. The van der Waals surface area contributed by atoms with Gasteiger partial charge >= 0.3 is 5.97 Å². The molecule has 1 aliphatic heterocycles. The summed E-state index contributed by atoms with van der Waals surface area (Å²) >= 11 is 1.72. The zero-order valence-electron chi connectivity index (χ0n) is 10.2. The number of methoxy groups -OCH3 is 1. The third-order valence-electron chi connectivity index (χ3n) is 2.91. The highest BCUT2D eigenvalue weighted by Gasteiger charge is 2.45. The normalized spacial score (nSPS) is 25.3. The van der Waals surface area contributed by atoms with E-state index in [4.69, 9.17) is 0 Å². The van der Waals surface area contributed by atoms with Crippen molar-refractivity contribution >= 4 is 33.3 Å². The van der Waals surface area contributed by atoms with E-state index in [1.807, 2.05) is 0 Å². The Hall–Kier alpha value is -0.630. The molecule has 0 radical (unpaired) electrons. The van der Waals surface area contributed by atoms with Crippen LogP contribution in [0.2, 0.25) is 0 Å². The Labute approximate surface area is 122 Å². The summed E-state index contributed by atoms with van der Waals surface area (Å²) in [5, 5.41) is 0. The molecule has 1 heterocycles. The maximum Gasteiger partial charge on any atom is 0.327 e. The SMILES string of the molecule is COC(=O)[C@H]1C[C@@H](F)CN1[S+]([O-])c1ccc(Br)cc1. The Morgan fingerprint density at radius 2 is 2.16 bits per heavy atom. The molecule has 19 heavy (non-hydrogen) atoms. The van der Waals surface area contributed by atoms with Crippen LogP contribution in [0.4, 0.5) is 4.39 Å². The molecule has 1 aromatic carbocycles. The molecule has 1 fully saturated rings. The molecule has 0 N–H and O–H groups in total. The van der Waals surface area contributed by atoms with E-state index >= 15 is 0 Å². The number of esters is 1. The molecule has 0 aliphatic carbocycles. The van der Waals surface area contributed by atoms with Crippen LogP contribution >= 0.6 is 15.9 Å². The molecule has 7 heteroatoms. The Balaban J connectivity index is 2.18. The second kappa shape index (κ2) is 6.21. The summed E-state index contributed by atoms with van der Waals surface area (Å²) in [7, 11) is 1.24. The van der Waals surface area contributed by atoms with E-state index in [1.54, 1.807) is 24.3 Å². The minimum Gasteiger partial charge on any atom is -0.593 e. The van der Waals surface area contributed by atoms with E-state index in [1.165, 1.54) is 11.4 Å². The monoisotopic (exact) mass is 349 g/mol. The van der Waals surface area contributed by atoms with Gasteiger partial charge in [-0.3, -0.25) is 4.79 Å². The van der Waals surface area contributed by atoms with Crippen molar-refractivity contribution in [3.05, 3.63) is 28.7 Å². The van der Waals surface area contributed by atoms with Crippen molar-refractivity contribution < 1.29 is 18.5 Å². The van der Waals surface area contributed by atoms with Gasteiger partial charge in [-0.05, 0) is 24.3 Å². The first kappa shape index (κ1) is 14.8. The quantitative estimate of drug-likeness (QED) is 0.619. The van der Waals surface area contributed by atoms with Gasteiger partial charge in [0.25, 0.3) is 0 Å². The largest absolute Gasteiger partial charge is 0.593 e. The maximum absolute atomic E-state index is 13.5. The average molecular weight is 350 g/mol. The van der Waals surface area contributed by atoms with Crippen LogP contribution in [-0.4, -0.2) is 40.7 Å². The van der Waals surface area contributed by atoms with Gasteiger partial charge < -0.3 is 9.29 Å². The van der Waals surface area contributed by atoms with Gasteiger partial charge in [-0.2, -0.15) is 0 Å². The first-order valence-electron chi connectivity index (χ1n) is 5.69. The molecule has 0 aromatic heterocycles. The van der Waals surface area contributed by atoms with E-state index in [-0.39, 0.29) is 13.0 Å². The molecule has 1 unspecified atom stereocenters. The van der Waals surface area contributed by atoms with Crippen LogP contribution < -0.4 is 0 Å². The molecule has 1 aliphatic rings. The topological polar surface area (TPSA) is 52.6 Å². The number of rotatable bonds is 3. The van der Waals surface area contributed by atoms with Crippen LogP contribution in [0.25, 0.3) is 0 Å². The standard InChI is InChI=1S/C12H13BrFNO3S/c1-18-12(16)11-6-9(14)7-15(11)19(17)10-4-2-8(13)3-5-10/h2-5,9,11H,6-7H2,1H3/t9-,11-,19?/m1/s1. The summed E-state index contributed by atoms with van der Waals surface area (Å²) in [5.74, 6) is -0.550. The molecule has 3 atom stereocenters. The zero-order chi connectivity index (χ0) is 14.0. The highest BCUT2D eigenvalue weighted by Crippen LogP contribution is 2.29. The van der Waals surface area contributed by atoms with Gasteiger partial charge in [-0.15, -0.1) is 4.31 Å². The van der Waals surface area contributed by atoms with Crippen molar-refractivity contribution in [1.29, 1.82) is 0 Å². The van der Waals surface area contributed by atoms with Crippen LogP contribution in [-0.2, 0) is 20.9 Å². The van der Waals surface area contributed by atoms with Crippen LogP contribution in [0, 0.1) is 0 Å². The first-order valence-corrected chi connectivity index (χ1v) is 7.59. The van der Waals surface area contributed by atoms with Crippen LogP contribution in [0.5, 0.6) is 0 Å². The summed E-state index contributed by atoms with van der Waals surface area (Å²) in [5.41, 5.74) is 0. The fourth-order valence-corrected chi connectivity index (χ4v) is 3.58. The molecular weight excluding hydrogens is 337 g/mol. The van der Waals surface area contributed by atoms with Gasteiger partial charge in [0.05, 0.1) is 25.0 Å². The number of halogens is 2. The lowest BCUT2D eigenvalue weighted by Crippen LogP contribution is -2.41. The van der Waals surface area contributed by atoms with E-state index in [0.29, 0.717) is 4.90 Å². The van der Waals surface area contributed by atoms with Gasteiger partial charge in [0.15, 0.2) is 10.9 Å². The number of carbonyl (C=O) groups is 1. The smallest absolute Gasteiger partial charge is 0.327 e. The van der Waals surface area contributed by atoms with Gasteiger partial charge in [0.2, 0.25) is 0 Å². The van der Waals surface area contributed by atoms with E-state index in [2.05, 4.69) is 20.7 Å². The molecule has 4 nitrogen and oxygen atoms in total. The number of alkyl halides is 1. The summed E-state index contributed by atoms with van der Waals surface area (Å²) in [6.07, 6.45) is -1.14. The Bertz CT molecular complexity index is 459. The van der Waals surface area contributed by atoms with Gasteiger partial charge in [0.1, 0.15) is 6.17 Å². The van der Waals surface area contributed by atoms with Crippen LogP contribution in [0.1, 0.15) is 6.42 Å². The third-order valence-corrected chi connectivity index (χ3v) is 4.94. The fraction of sp³-hybridized carbons (Fsp3) is 0.417. The Kier molecular flexibility index (Phi) is 4.83. The Morgan fingerprint density at radius 3 is 2.74 bits per heavy atom. The highest BCUT2D eigenvalue weighted by atomic mass is 79.9. The second-order valence-electron chi connectivity index (χ2n) is 4.17. The van der Waals surface area contributed by atoms with E-state index < -0.39 is 29.5 Å².